The van der Waals surface area contributed by atoms with E-state index in [-0.39, 0.29) is 0 Å². The fraction of sp³-hybridized carbons (Fsp3) is 0.0769. The molecule has 17 heavy (non-hydrogen) atoms. The highest BCUT2D eigenvalue weighted by molar-refractivity contribution is 6.37. The van der Waals surface area contributed by atoms with E-state index in [1.165, 1.54) is 0 Å². The summed E-state index contributed by atoms with van der Waals surface area (Å²) >= 11 is 5.89. The zero-order chi connectivity index (χ0) is 12.3. The standard InChI is InChI=1S/C13H13BClNO/c14-12-7-10(15)3-6-13(12)17-11-4-1-9(8-16)2-5-11/h1-7H,8,14,16H2. The van der Waals surface area contributed by atoms with Crippen molar-refractivity contribution in [2.24, 2.45) is 5.73 Å². The molecule has 0 aliphatic rings. The molecule has 0 aliphatic carbocycles. The highest BCUT2D eigenvalue weighted by atomic mass is 35.5. The molecule has 0 aromatic heterocycles. The van der Waals surface area contributed by atoms with Crippen LogP contribution in [0.2, 0.25) is 5.02 Å². The van der Waals surface area contributed by atoms with Gasteiger partial charge in [-0.2, -0.15) is 0 Å². The van der Waals surface area contributed by atoms with Crippen molar-refractivity contribution in [3.63, 3.8) is 0 Å². The summed E-state index contributed by atoms with van der Waals surface area (Å²) in [5, 5.41) is 0.716. The number of rotatable bonds is 3. The van der Waals surface area contributed by atoms with E-state index in [1.54, 1.807) is 0 Å². The summed E-state index contributed by atoms with van der Waals surface area (Å²) in [7, 11) is 1.97. The summed E-state index contributed by atoms with van der Waals surface area (Å²) in [5.74, 6) is 1.61. The van der Waals surface area contributed by atoms with Gasteiger partial charge in [0.25, 0.3) is 0 Å². The van der Waals surface area contributed by atoms with Crippen molar-refractivity contribution < 1.29 is 4.74 Å². The van der Waals surface area contributed by atoms with E-state index in [0.717, 1.165) is 22.5 Å². The van der Waals surface area contributed by atoms with E-state index in [9.17, 15) is 0 Å². The first-order valence-corrected chi connectivity index (χ1v) is 5.80. The maximum absolute atomic E-state index is 5.89. The number of hydrogen-bond acceptors (Lipinski definition) is 2. The Morgan fingerprint density at radius 3 is 2.41 bits per heavy atom. The van der Waals surface area contributed by atoms with E-state index in [4.69, 9.17) is 22.1 Å². The van der Waals surface area contributed by atoms with E-state index >= 15 is 0 Å². The minimum absolute atomic E-state index is 0.542. The third kappa shape index (κ3) is 3.02. The summed E-state index contributed by atoms with van der Waals surface area (Å²) in [6.45, 7) is 0.542. The summed E-state index contributed by atoms with van der Waals surface area (Å²) < 4.78 is 5.76. The molecule has 0 radical (unpaired) electrons. The second-order valence-electron chi connectivity index (χ2n) is 3.86. The lowest BCUT2D eigenvalue weighted by atomic mass is 9.95. The van der Waals surface area contributed by atoms with Crippen LogP contribution in [0.4, 0.5) is 0 Å². The van der Waals surface area contributed by atoms with Gasteiger partial charge in [-0.05, 0) is 41.4 Å². The van der Waals surface area contributed by atoms with Gasteiger partial charge in [0.05, 0.1) is 0 Å². The van der Waals surface area contributed by atoms with Crippen LogP contribution in [0.25, 0.3) is 0 Å². The molecule has 0 fully saturated rings. The molecule has 0 aliphatic heterocycles. The molecule has 86 valence electrons. The van der Waals surface area contributed by atoms with Crippen molar-refractivity contribution in [2.75, 3.05) is 0 Å². The molecule has 0 atom stereocenters. The zero-order valence-electron chi connectivity index (χ0n) is 9.61. The molecule has 0 bridgehead atoms. The van der Waals surface area contributed by atoms with Crippen LogP contribution in [0.5, 0.6) is 11.5 Å². The van der Waals surface area contributed by atoms with Gasteiger partial charge < -0.3 is 10.5 Å². The number of ether oxygens (including phenoxy) is 1. The number of hydrogen-bond donors (Lipinski definition) is 1. The summed E-state index contributed by atoms with van der Waals surface area (Å²) in [4.78, 5) is 0. The predicted octanol–water partition coefficient (Wildman–Crippen LogP) is 1.85. The lowest BCUT2D eigenvalue weighted by molar-refractivity contribution is 0.486. The summed E-state index contributed by atoms with van der Waals surface area (Å²) in [6, 6.07) is 13.3. The molecule has 2 aromatic rings. The largest absolute Gasteiger partial charge is 0.458 e. The quantitative estimate of drug-likeness (QED) is 0.838. The van der Waals surface area contributed by atoms with Gasteiger partial charge in [0.1, 0.15) is 19.3 Å². The maximum atomic E-state index is 5.89. The molecule has 0 unspecified atom stereocenters. The van der Waals surface area contributed by atoms with E-state index < -0.39 is 0 Å². The van der Waals surface area contributed by atoms with Gasteiger partial charge in [0.2, 0.25) is 0 Å². The van der Waals surface area contributed by atoms with Crippen molar-refractivity contribution in [3.8, 4) is 11.5 Å². The third-order valence-corrected chi connectivity index (χ3v) is 2.76. The third-order valence-electron chi connectivity index (χ3n) is 2.52. The molecule has 0 saturated heterocycles. The van der Waals surface area contributed by atoms with Gasteiger partial charge in [-0.15, -0.1) is 0 Å². The molecule has 0 amide bonds. The Labute approximate surface area is 107 Å². The van der Waals surface area contributed by atoms with Crippen LogP contribution in [0.15, 0.2) is 42.5 Å². The fourth-order valence-corrected chi connectivity index (χ4v) is 1.77. The summed E-state index contributed by atoms with van der Waals surface area (Å²) in [6.07, 6.45) is 0. The van der Waals surface area contributed by atoms with E-state index in [1.807, 2.05) is 50.3 Å². The average Bonchev–Trinajstić information content (AvgIpc) is 2.34. The van der Waals surface area contributed by atoms with E-state index in [0.29, 0.717) is 11.6 Å². The van der Waals surface area contributed by atoms with Crippen LogP contribution in [0.1, 0.15) is 5.56 Å². The Balaban J connectivity index is 2.19. The highest BCUT2D eigenvalue weighted by Gasteiger charge is 2.02. The first kappa shape index (κ1) is 12.0. The molecule has 0 heterocycles. The van der Waals surface area contributed by atoms with Crippen LogP contribution in [0.3, 0.4) is 0 Å². The SMILES string of the molecule is Bc1cc(Cl)ccc1Oc1ccc(CN)cc1. The van der Waals surface area contributed by atoms with Gasteiger partial charge in [-0.1, -0.05) is 23.7 Å². The predicted molar refractivity (Wildman–Crippen MR) is 74.0 cm³/mol. The van der Waals surface area contributed by atoms with Crippen molar-refractivity contribution in [2.45, 2.75) is 6.54 Å². The van der Waals surface area contributed by atoms with Crippen LogP contribution >= 0.6 is 11.6 Å². The second kappa shape index (κ2) is 5.26. The van der Waals surface area contributed by atoms with Crippen molar-refractivity contribution in [3.05, 3.63) is 53.1 Å². The number of nitrogens with two attached hydrogens (primary N) is 1. The topological polar surface area (TPSA) is 35.2 Å². The van der Waals surface area contributed by atoms with E-state index in [2.05, 4.69) is 0 Å². The van der Waals surface area contributed by atoms with Gasteiger partial charge in [-0.3, -0.25) is 0 Å². The monoisotopic (exact) mass is 245 g/mol. The minimum atomic E-state index is 0.542. The Bertz CT molecular complexity index is 513. The lowest BCUT2D eigenvalue weighted by Gasteiger charge is -2.09. The Morgan fingerprint density at radius 2 is 1.82 bits per heavy atom. The smallest absolute Gasteiger partial charge is 0.144 e. The van der Waals surface area contributed by atoms with Gasteiger partial charge in [0.15, 0.2) is 0 Å². The Morgan fingerprint density at radius 1 is 1.12 bits per heavy atom. The van der Waals surface area contributed by atoms with Crippen LogP contribution in [0, 0.1) is 0 Å². The molecule has 2 rings (SSSR count). The van der Waals surface area contributed by atoms with Gasteiger partial charge in [0, 0.05) is 11.6 Å². The van der Waals surface area contributed by atoms with Crippen LogP contribution < -0.4 is 15.9 Å². The molecule has 2 aromatic carbocycles. The van der Waals surface area contributed by atoms with Crippen LogP contribution in [-0.4, -0.2) is 7.85 Å². The first-order valence-electron chi connectivity index (χ1n) is 5.42. The minimum Gasteiger partial charge on any atom is -0.458 e. The molecule has 2 nitrogen and oxygen atoms in total. The maximum Gasteiger partial charge on any atom is 0.144 e. The lowest BCUT2D eigenvalue weighted by Crippen LogP contribution is -2.06. The zero-order valence-corrected chi connectivity index (χ0v) is 10.4. The number of benzene rings is 2. The van der Waals surface area contributed by atoms with Crippen molar-refractivity contribution in [1.82, 2.24) is 0 Å². The second-order valence-corrected chi connectivity index (χ2v) is 4.30. The molecule has 0 saturated carbocycles. The summed E-state index contributed by atoms with van der Waals surface area (Å²) in [5.41, 5.74) is 7.64. The highest BCUT2D eigenvalue weighted by Crippen LogP contribution is 2.21. The molecule has 4 heteroatoms. The number of halogens is 1. The van der Waals surface area contributed by atoms with Crippen molar-refractivity contribution in [1.29, 1.82) is 0 Å². The van der Waals surface area contributed by atoms with Gasteiger partial charge in [-0.25, -0.2) is 0 Å². The normalized spacial score (nSPS) is 10.2. The van der Waals surface area contributed by atoms with Crippen molar-refractivity contribution >= 4 is 24.9 Å². The Kier molecular flexibility index (Phi) is 3.72. The average molecular weight is 246 g/mol. The first-order chi connectivity index (χ1) is 8.19. The van der Waals surface area contributed by atoms with Crippen LogP contribution in [-0.2, 0) is 6.54 Å². The molecular formula is C13H13BClNO. The Hall–Kier alpha value is -1.45. The molecule has 2 N–H and O–H groups in total. The van der Waals surface area contributed by atoms with Gasteiger partial charge >= 0.3 is 0 Å². The fourth-order valence-electron chi connectivity index (χ4n) is 1.55. The molecular weight excluding hydrogens is 232 g/mol. The molecule has 0 spiro atoms.